The Morgan fingerprint density at radius 1 is 0.270 bits per heavy atom. The van der Waals surface area contributed by atoms with Gasteiger partial charge in [-0.3, -0.25) is 0 Å². The van der Waals surface area contributed by atoms with Gasteiger partial charge < -0.3 is 56.2 Å². The van der Waals surface area contributed by atoms with Crippen LogP contribution in [0.5, 0.6) is 0 Å². The quantitative estimate of drug-likeness (QED) is 0.0866. The molecule has 37 heavy (non-hydrogen) atoms. The van der Waals surface area contributed by atoms with Crippen molar-refractivity contribution in [2.45, 2.75) is 20.8 Å². The second-order valence-corrected chi connectivity index (χ2v) is 8.21. The zero-order chi connectivity index (χ0) is 26.9. The van der Waals surface area contributed by atoms with Crippen LogP contribution >= 0.6 is 8.60 Å². The molecule has 12 nitrogen and oxygen atoms in total. The van der Waals surface area contributed by atoms with Gasteiger partial charge in [0, 0.05) is 19.8 Å². The maximum atomic E-state index is 5.71. The van der Waals surface area contributed by atoms with Crippen LogP contribution in [0, 0.1) is 0 Å². The van der Waals surface area contributed by atoms with Crippen LogP contribution in [0.15, 0.2) is 0 Å². The Morgan fingerprint density at radius 3 is 0.676 bits per heavy atom. The van der Waals surface area contributed by atoms with Gasteiger partial charge in [-0.15, -0.1) is 0 Å². The van der Waals surface area contributed by atoms with Crippen LogP contribution in [-0.4, -0.2) is 139 Å². The Kier molecular flexibility index (Phi) is 33.9. The molecular weight excluding hydrogens is 511 g/mol. The van der Waals surface area contributed by atoms with Crippen LogP contribution < -0.4 is 0 Å². The third kappa shape index (κ3) is 32.1. The van der Waals surface area contributed by atoms with Gasteiger partial charge in [0.15, 0.2) is 0 Å². The first kappa shape index (κ1) is 37.0. The zero-order valence-electron chi connectivity index (χ0n) is 23.2. The first-order chi connectivity index (χ1) is 18.3. The highest BCUT2D eigenvalue weighted by Crippen LogP contribution is 2.39. The molecular formula is C24H51O12P. The summed E-state index contributed by atoms with van der Waals surface area (Å²) < 4.78 is 65.5. The van der Waals surface area contributed by atoms with Gasteiger partial charge in [-0.2, -0.15) is 0 Å². The summed E-state index contributed by atoms with van der Waals surface area (Å²) in [6, 6.07) is 0. The van der Waals surface area contributed by atoms with Crippen LogP contribution in [0.1, 0.15) is 20.8 Å². The van der Waals surface area contributed by atoms with Gasteiger partial charge in [0.05, 0.1) is 119 Å². The molecule has 0 radical (unpaired) electrons. The Bertz CT molecular complexity index is 355. The van der Waals surface area contributed by atoms with Gasteiger partial charge in [0.2, 0.25) is 0 Å². The van der Waals surface area contributed by atoms with E-state index in [9.17, 15) is 0 Å². The molecule has 13 heteroatoms. The van der Waals surface area contributed by atoms with Crippen LogP contribution in [0.3, 0.4) is 0 Å². The molecule has 0 aromatic carbocycles. The van der Waals surface area contributed by atoms with E-state index >= 15 is 0 Å². The van der Waals surface area contributed by atoms with Gasteiger partial charge in [-0.05, 0) is 20.8 Å². The number of ether oxygens (including phenoxy) is 9. The predicted molar refractivity (Wildman–Crippen MR) is 139 cm³/mol. The molecule has 0 fully saturated rings. The monoisotopic (exact) mass is 562 g/mol. The summed E-state index contributed by atoms with van der Waals surface area (Å²) in [7, 11) is -1.55. The average molecular weight is 563 g/mol. The molecule has 0 aliphatic carbocycles. The Morgan fingerprint density at radius 2 is 0.459 bits per heavy atom. The standard InChI is InChI=1S/C24H51O12P/c1-4-25-7-10-28-13-16-31-19-22-34-37(35-23-20-32-17-14-29-11-8-26-5-2)36-24-21-33-18-15-30-12-9-27-6-3/h4-24H2,1-3H3. The molecule has 0 aromatic heterocycles. The van der Waals surface area contributed by atoms with E-state index in [4.69, 9.17) is 56.2 Å². The first-order valence-corrected chi connectivity index (χ1v) is 14.3. The molecule has 0 amide bonds. The summed E-state index contributed by atoms with van der Waals surface area (Å²) in [6.07, 6.45) is 0. The summed E-state index contributed by atoms with van der Waals surface area (Å²) in [5.74, 6) is 0. The highest BCUT2D eigenvalue weighted by Gasteiger charge is 2.12. The molecule has 0 saturated carbocycles. The minimum Gasteiger partial charge on any atom is -0.379 e. The molecule has 0 heterocycles. The van der Waals surface area contributed by atoms with Crippen LogP contribution in [0.4, 0.5) is 0 Å². The third-order valence-corrected chi connectivity index (χ3v) is 5.30. The summed E-state index contributed by atoms with van der Waals surface area (Å²) >= 11 is 0. The van der Waals surface area contributed by atoms with Crippen molar-refractivity contribution in [2.75, 3.05) is 139 Å². The number of hydrogen-bond donors (Lipinski definition) is 0. The van der Waals surface area contributed by atoms with Gasteiger partial charge in [-0.25, -0.2) is 0 Å². The fraction of sp³-hybridized carbons (Fsp3) is 1.00. The molecule has 0 unspecified atom stereocenters. The van der Waals surface area contributed by atoms with Crippen molar-refractivity contribution in [1.29, 1.82) is 0 Å². The maximum absolute atomic E-state index is 5.71. The molecule has 0 bridgehead atoms. The van der Waals surface area contributed by atoms with Crippen molar-refractivity contribution < 1.29 is 56.2 Å². The van der Waals surface area contributed by atoms with Crippen molar-refractivity contribution in [1.82, 2.24) is 0 Å². The third-order valence-electron chi connectivity index (χ3n) is 4.12. The van der Waals surface area contributed by atoms with Crippen molar-refractivity contribution in [3.8, 4) is 0 Å². The fourth-order valence-electron chi connectivity index (χ4n) is 2.38. The fourth-order valence-corrected chi connectivity index (χ4v) is 3.27. The van der Waals surface area contributed by atoms with E-state index in [2.05, 4.69) is 0 Å². The lowest BCUT2D eigenvalue weighted by Gasteiger charge is -2.17. The van der Waals surface area contributed by atoms with E-state index in [0.29, 0.717) is 139 Å². The van der Waals surface area contributed by atoms with Crippen LogP contribution in [-0.2, 0) is 56.2 Å². The lowest BCUT2D eigenvalue weighted by atomic mass is 10.7. The highest BCUT2D eigenvalue weighted by atomic mass is 31.2. The van der Waals surface area contributed by atoms with E-state index in [-0.39, 0.29) is 0 Å². The summed E-state index contributed by atoms with van der Waals surface area (Å²) in [5, 5.41) is 0. The SMILES string of the molecule is CCOCCOCCOCCOP(OCCOCCOCCOCC)OCCOCCOCCOCC. The molecule has 0 aliphatic heterocycles. The molecule has 0 spiro atoms. The lowest BCUT2D eigenvalue weighted by Crippen LogP contribution is -2.14. The zero-order valence-corrected chi connectivity index (χ0v) is 24.1. The summed E-state index contributed by atoms with van der Waals surface area (Å²) in [4.78, 5) is 0. The van der Waals surface area contributed by atoms with Crippen molar-refractivity contribution >= 4 is 8.60 Å². The van der Waals surface area contributed by atoms with E-state index in [1.54, 1.807) is 0 Å². The topological polar surface area (TPSA) is 111 Å². The van der Waals surface area contributed by atoms with E-state index in [0.717, 1.165) is 0 Å². The normalized spacial score (nSPS) is 11.7. The maximum Gasteiger partial charge on any atom is 0.332 e. The van der Waals surface area contributed by atoms with E-state index in [1.165, 1.54) is 0 Å². The Hall–Kier alpha value is -0.0500. The highest BCUT2D eigenvalue weighted by molar-refractivity contribution is 7.41. The number of hydrogen-bond acceptors (Lipinski definition) is 12. The molecule has 0 rings (SSSR count). The largest absolute Gasteiger partial charge is 0.379 e. The minimum atomic E-state index is -1.55. The van der Waals surface area contributed by atoms with Gasteiger partial charge in [-0.1, -0.05) is 0 Å². The second-order valence-electron chi connectivity index (χ2n) is 6.99. The Labute approximate surface area is 224 Å². The average Bonchev–Trinajstić information content (AvgIpc) is 2.91. The van der Waals surface area contributed by atoms with Gasteiger partial charge >= 0.3 is 8.60 Å². The van der Waals surface area contributed by atoms with Gasteiger partial charge in [0.25, 0.3) is 0 Å². The second kappa shape index (κ2) is 34.0. The summed E-state index contributed by atoms with van der Waals surface area (Å²) in [6.45, 7) is 16.6. The molecule has 0 aromatic rings. The Balaban J connectivity index is 3.87. The number of rotatable bonds is 33. The molecule has 224 valence electrons. The summed E-state index contributed by atoms with van der Waals surface area (Å²) in [5.41, 5.74) is 0. The van der Waals surface area contributed by atoms with Gasteiger partial charge in [0.1, 0.15) is 0 Å². The molecule has 0 aliphatic rings. The van der Waals surface area contributed by atoms with Crippen molar-refractivity contribution in [2.24, 2.45) is 0 Å². The smallest absolute Gasteiger partial charge is 0.332 e. The van der Waals surface area contributed by atoms with E-state index in [1.807, 2.05) is 20.8 Å². The molecule has 0 N–H and O–H groups in total. The van der Waals surface area contributed by atoms with Crippen LogP contribution in [0.2, 0.25) is 0 Å². The predicted octanol–water partition coefficient (Wildman–Crippen LogP) is 2.47. The van der Waals surface area contributed by atoms with Crippen molar-refractivity contribution in [3.05, 3.63) is 0 Å². The molecule has 0 atom stereocenters. The first-order valence-electron chi connectivity index (χ1n) is 13.2. The molecule has 0 saturated heterocycles. The van der Waals surface area contributed by atoms with E-state index < -0.39 is 8.60 Å². The van der Waals surface area contributed by atoms with Crippen LogP contribution in [0.25, 0.3) is 0 Å². The van der Waals surface area contributed by atoms with Crippen molar-refractivity contribution in [3.63, 3.8) is 0 Å². The lowest BCUT2D eigenvalue weighted by molar-refractivity contribution is 0.000149. The minimum absolute atomic E-state index is 0.341.